The van der Waals surface area contributed by atoms with Crippen molar-refractivity contribution in [3.63, 3.8) is 0 Å². The monoisotopic (exact) mass is 467 g/mol. The summed E-state index contributed by atoms with van der Waals surface area (Å²) < 4.78 is 32.3. The predicted molar refractivity (Wildman–Crippen MR) is 117 cm³/mol. The van der Waals surface area contributed by atoms with E-state index in [0.29, 0.717) is 51.6 Å². The molecule has 3 saturated heterocycles. The summed E-state index contributed by atoms with van der Waals surface area (Å²) in [5, 5.41) is 11.8. The lowest BCUT2D eigenvalue weighted by Crippen LogP contribution is -2.50. The van der Waals surface area contributed by atoms with Crippen molar-refractivity contribution in [2.75, 3.05) is 77.0 Å². The molecule has 0 saturated carbocycles. The molecule has 11 nitrogen and oxygen atoms in total. The second kappa shape index (κ2) is 9.69. The average Bonchev–Trinajstić information content (AvgIpc) is 3.35. The molecule has 176 valence electrons. The van der Waals surface area contributed by atoms with Crippen molar-refractivity contribution in [3.05, 3.63) is 28.3 Å². The number of ether oxygens (including phenoxy) is 1. The molecule has 0 aromatic heterocycles. The maximum atomic E-state index is 12.9. The van der Waals surface area contributed by atoms with E-state index in [-0.39, 0.29) is 29.6 Å². The summed E-state index contributed by atoms with van der Waals surface area (Å²) in [6, 6.07) is 4.12. The Morgan fingerprint density at radius 1 is 1.00 bits per heavy atom. The van der Waals surface area contributed by atoms with Gasteiger partial charge in [0.05, 0.1) is 29.6 Å². The number of hydrogen-bond donors (Lipinski definition) is 0. The van der Waals surface area contributed by atoms with Crippen LogP contribution in [0.15, 0.2) is 23.1 Å². The molecule has 3 fully saturated rings. The summed E-state index contributed by atoms with van der Waals surface area (Å²) in [4.78, 5) is 29.4. The zero-order valence-corrected chi connectivity index (χ0v) is 18.8. The first kappa shape index (κ1) is 22.9. The SMILES string of the molecule is O=C(CN1CCN(c2ccc(S(=O)(=O)N3CCOCC3)cc2[N+](=O)[O-])CC1)N1CCCC1. The lowest BCUT2D eigenvalue weighted by molar-refractivity contribution is -0.384. The molecule has 3 aliphatic heterocycles. The zero-order valence-electron chi connectivity index (χ0n) is 18.0. The number of rotatable bonds is 6. The van der Waals surface area contributed by atoms with Crippen LogP contribution >= 0.6 is 0 Å². The van der Waals surface area contributed by atoms with E-state index in [4.69, 9.17) is 4.74 Å². The summed E-state index contributed by atoms with van der Waals surface area (Å²) in [6.45, 7) is 5.39. The number of piperazine rings is 1. The number of carbonyl (C=O) groups is 1. The normalized spacial score (nSPS) is 21.1. The molecule has 3 aliphatic rings. The van der Waals surface area contributed by atoms with Crippen LogP contribution in [0.1, 0.15) is 12.8 Å². The van der Waals surface area contributed by atoms with E-state index in [1.807, 2.05) is 9.80 Å². The van der Waals surface area contributed by atoms with E-state index in [1.54, 1.807) is 0 Å². The Balaban J connectivity index is 1.44. The number of sulfonamides is 1. The van der Waals surface area contributed by atoms with E-state index in [9.17, 15) is 23.3 Å². The van der Waals surface area contributed by atoms with Crippen LogP contribution in [0.5, 0.6) is 0 Å². The van der Waals surface area contributed by atoms with Crippen molar-refractivity contribution < 1.29 is 22.9 Å². The second-order valence-electron chi connectivity index (χ2n) is 8.28. The van der Waals surface area contributed by atoms with E-state index in [2.05, 4.69) is 4.90 Å². The number of amides is 1. The number of nitrogens with zero attached hydrogens (tertiary/aromatic N) is 5. The predicted octanol–water partition coefficient (Wildman–Crippen LogP) is 0.360. The summed E-state index contributed by atoms with van der Waals surface area (Å²) in [7, 11) is -3.82. The molecule has 4 rings (SSSR count). The first-order valence-electron chi connectivity index (χ1n) is 11.0. The highest BCUT2D eigenvalue weighted by molar-refractivity contribution is 7.89. The number of nitro benzene ring substituents is 1. The van der Waals surface area contributed by atoms with Crippen LogP contribution in [0, 0.1) is 10.1 Å². The third kappa shape index (κ3) is 4.87. The first-order chi connectivity index (χ1) is 15.4. The molecule has 1 aromatic carbocycles. The topological polar surface area (TPSA) is 117 Å². The van der Waals surface area contributed by atoms with Gasteiger partial charge in [0.1, 0.15) is 5.69 Å². The summed E-state index contributed by atoms with van der Waals surface area (Å²) in [5.41, 5.74) is 0.183. The van der Waals surface area contributed by atoms with Gasteiger partial charge in [-0.3, -0.25) is 19.8 Å². The van der Waals surface area contributed by atoms with Crippen LogP contribution in [0.4, 0.5) is 11.4 Å². The van der Waals surface area contributed by atoms with Crippen LogP contribution in [-0.2, 0) is 19.6 Å². The molecule has 32 heavy (non-hydrogen) atoms. The molecule has 0 aliphatic carbocycles. The fourth-order valence-corrected chi connectivity index (χ4v) is 5.85. The number of anilines is 1. The molecule has 0 radical (unpaired) electrons. The molecule has 1 amide bonds. The first-order valence-corrected chi connectivity index (χ1v) is 12.4. The maximum Gasteiger partial charge on any atom is 0.293 e. The second-order valence-corrected chi connectivity index (χ2v) is 10.2. The Hall–Kier alpha value is -2.28. The van der Waals surface area contributed by atoms with Gasteiger partial charge in [-0.2, -0.15) is 4.31 Å². The lowest BCUT2D eigenvalue weighted by Gasteiger charge is -2.36. The van der Waals surface area contributed by atoms with Gasteiger partial charge in [-0.15, -0.1) is 0 Å². The molecule has 3 heterocycles. The smallest absolute Gasteiger partial charge is 0.293 e. The number of nitro groups is 1. The molecular weight excluding hydrogens is 438 g/mol. The standard InChI is InChI=1S/C20H29N5O6S/c26-20(23-5-1-2-6-23)16-21-7-9-22(10-8-21)18-4-3-17(15-19(18)25(27)28)32(29,30)24-11-13-31-14-12-24/h3-4,15H,1-2,5-14,16H2. The third-order valence-corrected chi connectivity index (χ3v) is 8.18. The molecule has 12 heteroatoms. The van der Waals surface area contributed by atoms with E-state index < -0.39 is 14.9 Å². The average molecular weight is 468 g/mol. The molecule has 0 bridgehead atoms. The van der Waals surface area contributed by atoms with Gasteiger partial charge in [-0.25, -0.2) is 8.42 Å². The number of likely N-dealkylation sites (tertiary alicyclic amines) is 1. The van der Waals surface area contributed by atoms with Gasteiger partial charge in [-0.05, 0) is 25.0 Å². The molecule has 0 N–H and O–H groups in total. The van der Waals surface area contributed by atoms with Crippen molar-refractivity contribution in [2.45, 2.75) is 17.7 Å². The maximum absolute atomic E-state index is 12.9. The van der Waals surface area contributed by atoms with Gasteiger partial charge < -0.3 is 14.5 Å². The lowest BCUT2D eigenvalue weighted by atomic mass is 10.2. The fourth-order valence-electron chi connectivity index (χ4n) is 4.42. The molecule has 1 aromatic rings. The van der Waals surface area contributed by atoms with Gasteiger partial charge in [0.15, 0.2) is 0 Å². The van der Waals surface area contributed by atoms with Crippen LogP contribution in [0.3, 0.4) is 0 Å². The number of carbonyl (C=O) groups excluding carboxylic acids is 1. The largest absolute Gasteiger partial charge is 0.379 e. The van der Waals surface area contributed by atoms with E-state index in [1.165, 1.54) is 16.4 Å². The van der Waals surface area contributed by atoms with Crippen LogP contribution in [0.25, 0.3) is 0 Å². The summed E-state index contributed by atoms with van der Waals surface area (Å²) in [5.74, 6) is 0.139. The summed E-state index contributed by atoms with van der Waals surface area (Å²) >= 11 is 0. The molecular formula is C20H29N5O6S. The summed E-state index contributed by atoms with van der Waals surface area (Å²) in [6.07, 6.45) is 2.11. The number of benzene rings is 1. The highest BCUT2D eigenvalue weighted by atomic mass is 32.2. The fraction of sp³-hybridized carbons (Fsp3) is 0.650. The van der Waals surface area contributed by atoms with Gasteiger partial charge in [0.2, 0.25) is 15.9 Å². The Kier molecular flexibility index (Phi) is 6.93. The van der Waals surface area contributed by atoms with Gasteiger partial charge in [-0.1, -0.05) is 0 Å². The molecule has 0 unspecified atom stereocenters. The minimum atomic E-state index is -3.82. The Morgan fingerprint density at radius 3 is 2.28 bits per heavy atom. The van der Waals surface area contributed by atoms with Gasteiger partial charge in [0, 0.05) is 58.4 Å². The van der Waals surface area contributed by atoms with Crippen LogP contribution in [-0.4, -0.2) is 105 Å². The van der Waals surface area contributed by atoms with Crippen LogP contribution < -0.4 is 4.90 Å². The van der Waals surface area contributed by atoms with E-state index >= 15 is 0 Å². The Morgan fingerprint density at radius 2 is 1.66 bits per heavy atom. The number of hydrogen-bond acceptors (Lipinski definition) is 8. The Bertz CT molecular complexity index is 951. The van der Waals surface area contributed by atoms with Crippen molar-refractivity contribution in [2.24, 2.45) is 0 Å². The van der Waals surface area contributed by atoms with Crippen LogP contribution in [0.2, 0.25) is 0 Å². The van der Waals surface area contributed by atoms with Gasteiger partial charge in [0.25, 0.3) is 5.69 Å². The highest BCUT2D eigenvalue weighted by Crippen LogP contribution is 2.32. The van der Waals surface area contributed by atoms with E-state index in [0.717, 1.165) is 32.0 Å². The third-order valence-electron chi connectivity index (χ3n) is 6.28. The Labute approximate surface area is 187 Å². The quantitative estimate of drug-likeness (QED) is 0.435. The highest BCUT2D eigenvalue weighted by Gasteiger charge is 2.31. The van der Waals surface area contributed by atoms with Crippen molar-refractivity contribution in [1.82, 2.24) is 14.1 Å². The van der Waals surface area contributed by atoms with Gasteiger partial charge >= 0.3 is 0 Å². The molecule has 0 atom stereocenters. The minimum absolute atomic E-state index is 0.0790. The zero-order chi connectivity index (χ0) is 22.7. The van der Waals surface area contributed by atoms with Crippen molar-refractivity contribution >= 4 is 27.3 Å². The van der Waals surface area contributed by atoms with Crippen molar-refractivity contribution in [3.8, 4) is 0 Å². The minimum Gasteiger partial charge on any atom is -0.379 e. The number of morpholine rings is 1. The molecule has 0 spiro atoms. The van der Waals surface area contributed by atoms with Crippen molar-refractivity contribution in [1.29, 1.82) is 0 Å².